The maximum Gasteiger partial charge on any atom is 0.348 e. The molecule has 1 aromatic heterocycles. The summed E-state index contributed by atoms with van der Waals surface area (Å²) < 4.78 is 6.71. The van der Waals surface area contributed by atoms with Crippen LogP contribution in [0, 0.1) is 32.1 Å². The molecule has 0 unspecified atom stereocenters. The Morgan fingerprint density at radius 3 is 2.41 bits per heavy atom. The van der Waals surface area contributed by atoms with Gasteiger partial charge in [0.05, 0.1) is 7.11 Å². The van der Waals surface area contributed by atoms with E-state index in [-0.39, 0.29) is 5.57 Å². The first-order valence-corrected chi connectivity index (χ1v) is 6.94. The van der Waals surface area contributed by atoms with Crippen LogP contribution in [0.15, 0.2) is 35.9 Å². The minimum absolute atomic E-state index is 0.00773. The van der Waals surface area contributed by atoms with E-state index >= 15 is 0 Å². The van der Waals surface area contributed by atoms with Crippen LogP contribution in [-0.2, 0) is 9.53 Å². The average Bonchev–Trinajstić information content (AvgIpc) is 2.79. The molecule has 1 heterocycles. The lowest BCUT2D eigenvalue weighted by Crippen LogP contribution is -2.03. The molecule has 0 radical (unpaired) electrons. The minimum atomic E-state index is -0.623. The van der Waals surface area contributed by atoms with Gasteiger partial charge in [0.15, 0.2) is 0 Å². The monoisotopic (exact) mass is 294 g/mol. The summed E-state index contributed by atoms with van der Waals surface area (Å²) in [5.41, 5.74) is 5.08. The molecule has 1 aromatic carbocycles. The van der Waals surface area contributed by atoms with Crippen molar-refractivity contribution in [2.24, 2.45) is 0 Å². The molecule has 0 bridgehead atoms. The van der Waals surface area contributed by atoms with Crippen LogP contribution in [-0.4, -0.2) is 17.6 Å². The van der Waals surface area contributed by atoms with E-state index in [2.05, 4.69) is 21.4 Å². The summed E-state index contributed by atoms with van der Waals surface area (Å²) in [4.78, 5) is 11.5. The fourth-order valence-corrected chi connectivity index (χ4v) is 2.43. The lowest BCUT2D eigenvalue weighted by Gasteiger charge is -2.10. The quantitative estimate of drug-likeness (QED) is 0.494. The van der Waals surface area contributed by atoms with Gasteiger partial charge in [0.1, 0.15) is 11.6 Å². The molecule has 4 heteroatoms. The molecule has 112 valence electrons. The number of rotatable bonds is 3. The van der Waals surface area contributed by atoms with Crippen LogP contribution in [0.4, 0.5) is 0 Å². The van der Waals surface area contributed by atoms with E-state index in [1.165, 1.54) is 12.7 Å². The number of aryl methyl sites for hydroxylation is 2. The van der Waals surface area contributed by atoms with Crippen molar-refractivity contribution in [2.75, 3.05) is 7.11 Å². The summed E-state index contributed by atoms with van der Waals surface area (Å²) in [6.07, 6.45) is 1.57. The van der Waals surface area contributed by atoms with E-state index in [9.17, 15) is 4.79 Å². The van der Waals surface area contributed by atoms with Crippen molar-refractivity contribution < 1.29 is 9.53 Å². The highest BCUT2D eigenvalue weighted by atomic mass is 16.5. The van der Waals surface area contributed by atoms with Crippen LogP contribution in [0.1, 0.15) is 22.5 Å². The summed E-state index contributed by atoms with van der Waals surface area (Å²) in [6, 6.07) is 12.0. The number of benzene rings is 1. The molecule has 0 aliphatic heterocycles. The lowest BCUT2D eigenvalue weighted by molar-refractivity contribution is -0.135. The van der Waals surface area contributed by atoms with Gasteiger partial charge in [-0.15, -0.1) is 0 Å². The largest absolute Gasteiger partial charge is 0.465 e. The number of esters is 1. The van der Waals surface area contributed by atoms with Crippen LogP contribution >= 0.6 is 0 Å². The van der Waals surface area contributed by atoms with Gasteiger partial charge < -0.3 is 9.30 Å². The number of nitriles is 1. The number of ether oxygens (including phenoxy) is 1. The lowest BCUT2D eigenvalue weighted by atomic mass is 10.1. The van der Waals surface area contributed by atoms with Gasteiger partial charge >= 0.3 is 5.97 Å². The van der Waals surface area contributed by atoms with Crippen molar-refractivity contribution in [2.45, 2.75) is 20.8 Å². The molecule has 0 spiro atoms. The molecule has 0 aliphatic carbocycles. The highest BCUT2D eigenvalue weighted by Crippen LogP contribution is 2.23. The van der Waals surface area contributed by atoms with Gasteiger partial charge in [0.2, 0.25) is 0 Å². The van der Waals surface area contributed by atoms with Crippen LogP contribution in [0.2, 0.25) is 0 Å². The first-order chi connectivity index (χ1) is 10.5. The Labute approximate surface area is 130 Å². The second-order valence-electron chi connectivity index (χ2n) is 5.16. The zero-order valence-corrected chi connectivity index (χ0v) is 13.2. The number of carbonyl (C=O) groups is 1. The maximum absolute atomic E-state index is 11.5. The zero-order valence-electron chi connectivity index (χ0n) is 13.2. The second kappa shape index (κ2) is 6.31. The number of hydrogen-bond acceptors (Lipinski definition) is 3. The van der Waals surface area contributed by atoms with Crippen molar-refractivity contribution in [3.05, 3.63) is 58.4 Å². The van der Waals surface area contributed by atoms with Gasteiger partial charge in [-0.2, -0.15) is 5.26 Å². The van der Waals surface area contributed by atoms with E-state index in [0.717, 1.165) is 22.6 Å². The van der Waals surface area contributed by atoms with Crippen LogP contribution in [0.5, 0.6) is 0 Å². The molecular weight excluding hydrogens is 276 g/mol. The Kier molecular flexibility index (Phi) is 4.47. The number of carbonyl (C=O) groups excluding carboxylic acids is 1. The third-order valence-electron chi connectivity index (χ3n) is 3.59. The molecule has 0 amide bonds. The van der Waals surface area contributed by atoms with Crippen molar-refractivity contribution in [1.82, 2.24) is 4.57 Å². The summed E-state index contributed by atoms with van der Waals surface area (Å²) >= 11 is 0. The minimum Gasteiger partial charge on any atom is -0.465 e. The third kappa shape index (κ3) is 2.94. The Bertz CT molecular complexity index is 775. The molecule has 0 N–H and O–H groups in total. The average molecular weight is 294 g/mol. The van der Waals surface area contributed by atoms with E-state index in [1.807, 2.05) is 45.0 Å². The van der Waals surface area contributed by atoms with Crippen molar-refractivity contribution in [3.8, 4) is 11.8 Å². The van der Waals surface area contributed by atoms with Gasteiger partial charge in [0, 0.05) is 17.1 Å². The smallest absolute Gasteiger partial charge is 0.348 e. The predicted octanol–water partition coefficient (Wildman–Crippen LogP) is 3.48. The second-order valence-corrected chi connectivity index (χ2v) is 5.16. The Balaban J connectivity index is 2.52. The van der Waals surface area contributed by atoms with E-state index in [1.54, 1.807) is 6.08 Å². The van der Waals surface area contributed by atoms with Crippen LogP contribution in [0.3, 0.4) is 0 Å². The van der Waals surface area contributed by atoms with E-state index in [4.69, 9.17) is 5.26 Å². The SMILES string of the molecule is COC(=O)/C(C#N)=C/c1cc(C)n(-c2ccc(C)cc2)c1C. The van der Waals surface area contributed by atoms with Gasteiger partial charge in [0.25, 0.3) is 0 Å². The molecule has 0 fully saturated rings. The summed E-state index contributed by atoms with van der Waals surface area (Å²) in [6.45, 7) is 6.00. The summed E-state index contributed by atoms with van der Waals surface area (Å²) in [7, 11) is 1.27. The molecular formula is C18H18N2O2. The molecule has 0 saturated carbocycles. The van der Waals surface area contributed by atoms with Gasteiger partial charge in [-0.05, 0) is 50.6 Å². The number of nitrogens with zero attached hydrogens (tertiary/aromatic N) is 2. The predicted molar refractivity (Wildman–Crippen MR) is 85.6 cm³/mol. The summed E-state index contributed by atoms with van der Waals surface area (Å²) in [5.74, 6) is -0.623. The Morgan fingerprint density at radius 1 is 1.23 bits per heavy atom. The molecule has 22 heavy (non-hydrogen) atoms. The zero-order chi connectivity index (χ0) is 16.3. The topological polar surface area (TPSA) is 55.0 Å². The van der Waals surface area contributed by atoms with Crippen molar-refractivity contribution >= 4 is 12.0 Å². The van der Waals surface area contributed by atoms with Crippen LogP contribution < -0.4 is 0 Å². The first-order valence-electron chi connectivity index (χ1n) is 6.94. The number of methoxy groups -OCH3 is 1. The fourth-order valence-electron chi connectivity index (χ4n) is 2.43. The van der Waals surface area contributed by atoms with Gasteiger partial charge in [-0.3, -0.25) is 0 Å². The fraction of sp³-hybridized carbons (Fsp3) is 0.222. The van der Waals surface area contributed by atoms with E-state index in [0.29, 0.717) is 0 Å². The van der Waals surface area contributed by atoms with Crippen molar-refractivity contribution in [1.29, 1.82) is 5.26 Å². The Morgan fingerprint density at radius 2 is 1.86 bits per heavy atom. The van der Waals surface area contributed by atoms with Gasteiger partial charge in [-0.1, -0.05) is 17.7 Å². The first kappa shape index (κ1) is 15.6. The normalized spacial score (nSPS) is 11.1. The molecule has 4 nitrogen and oxygen atoms in total. The molecule has 0 atom stereocenters. The highest BCUT2D eigenvalue weighted by Gasteiger charge is 2.13. The van der Waals surface area contributed by atoms with Crippen molar-refractivity contribution in [3.63, 3.8) is 0 Å². The van der Waals surface area contributed by atoms with Crippen LogP contribution in [0.25, 0.3) is 11.8 Å². The maximum atomic E-state index is 11.5. The molecule has 2 aromatic rings. The molecule has 0 saturated heterocycles. The van der Waals surface area contributed by atoms with E-state index < -0.39 is 5.97 Å². The third-order valence-corrected chi connectivity index (χ3v) is 3.59. The Hall–Kier alpha value is -2.80. The highest BCUT2D eigenvalue weighted by molar-refractivity contribution is 5.98. The summed E-state index contributed by atoms with van der Waals surface area (Å²) in [5, 5.41) is 9.08. The van der Waals surface area contributed by atoms with Gasteiger partial charge in [-0.25, -0.2) is 4.79 Å². The number of hydrogen-bond donors (Lipinski definition) is 0. The molecule has 0 aliphatic rings. The standard InChI is InChI=1S/C18H18N2O2/c1-12-5-7-17(8-6-12)20-13(2)9-15(14(20)3)10-16(11-19)18(21)22-4/h5-10H,1-4H3/b16-10+. The molecule has 2 rings (SSSR count). The number of aromatic nitrogens is 1.